The molecule has 5 heteroatoms. The van der Waals surface area contributed by atoms with E-state index >= 15 is 0 Å². The van der Waals surface area contributed by atoms with Crippen molar-refractivity contribution >= 4 is 11.9 Å². The largest absolute Gasteiger partial charge is 0.481 e. The van der Waals surface area contributed by atoms with Crippen LogP contribution in [0.4, 0.5) is 0 Å². The van der Waals surface area contributed by atoms with Crippen LogP contribution in [0.15, 0.2) is 0 Å². The van der Waals surface area contributed by atoms with Crippen LogP contribution in [-0.2, 0) is 14.3 Å². The van der Waals surface area contributed by atoms with Crippen molar-refractivity contribution in [3.63, 3.8) is 0 Å². The molecule has 1 fully saturated rings. The summed E-state index contributed by atoms with van der Waals surface area (Å²) in [6.45, 7) is 1.20. The highest BCUT2D eigenvalue weighted by atomic mass is 16.5. The lowest BCUT2D eigenvalue weighted by Crippen LogP contribution is -2.33. The lowest BCUT2D eigenvalue weighted by molar-refractivity contribution is -0.147. The highest BCUT2D eigenvalue weighted by molar-refractivity contribution is 5.82. The summed E-state index contributed by atoms with van der Waals surface area (Å²) in [4.78, 5) is 22.2. The average molecular weight is 215 g/mol. The number of rotatable bonds is 4. The molecule has 0 aromatic carbocycles. The minimum atomic E-state index is -0.884. The van der Waals surface area contributed by atoms with Crippen molar-refractivity contribution in [2.45, 2.75) is 19.3 Å². The van der Waals surface area contributed by atoms with Gasteiger partial charge in [-0.05, 0) is 18.8 Å². The smallest absolute Gasteiger partial charge is 0.307 e. The van der Waals surface area contributed by atoms with Crippen LogP contribution in [0, 0.1) is 11.8 Å². The van der Waals surface area contributed by atoms with Crippen LogP contribution < -0.4 is 5.32 Å². The normalized spacial score (nSPS) is 19.5. The molecule has 1 amide bonds. The molecule has 0 bridgehead atoms. The van der Waals surface area contributed by atoms with Crippen LogP contribution in [0.3, 0.4) is 0 Å². The quantitative estimate of drug-likeness (QED) is 0.705. The predicted octanol–water partition coefficient (Wildman–Crippen LogP) is 0.250. The number of hydrogen-bond acceptors (Lipinski definition) is 3. The number of amides is 1. The first-order valence-electron chi connectivity index (χ1n) is 5.16. The third-order valence-corrected chi connectivity index (χ3v) is 2.84. The second-order valence-electron chi connectivity index (χ2n) is 3.77. The second kappa shape index (κ2) is 5.70. The average Bonchev–Trinajstić information content (AvgIpc) is 2.26. The number of carboxylic acid groups (broad SMARTS) is 1. The lowest BCUT2D eigenvalue weighted by Gasteiger charge is -2.27. The molecular formula is C10H17NO4. The van der Waals surface area contributed by atoms with Crippen molar-refractivity contribution in [1.29, 1.82) is 0 Å². The minimum absolute atomic E-state index is 0.0635. The maximum absolute atomic E-state index is 11.2. The molecule has 5 nitrogen and oxygen atoms in total. The number of carbonyl (C=O) groups excluding carboxylic acids is 1. The number of carbonyl (C=O) groups is 2. The first kappa shape index (κ1) is 12.0. The van der Waals surface area contributed by atoms with Crippen LogP contribution in [-0.4, -0.2) is 37.2 Å². The third kappa shape index (κ3) is 3.51. The number of aliphatic carboxylic acids is 1. The molecule has 0 aliphatic carbocycles. The van der Waals surface area contributed by atoms with Crippen molar-refractivity contribution < 1.29 is 19.4 Å². The van der Waals surface area contributed by atoms with Crippen molar-refractivity contribution in [1.82, 2.24) is 5.32 Å². The Morgan fingerprint density at radius 1 is 1.47 bits per heavy atom. The molecule has 15 heavy (non-hydrogen) atoms. The van der Waals surface area contributed by atoms with E-state index in [1.165, 1.54) is 7.05 Å². The number of carboxylic acids is 1. The highest BCUT2D eigenvalue weighted by Crippen LogP contribution is 2.26. The van der Waals surface area contributed by atoms with Crippen molar-refractivity contribution in [3.8, 4) is 0 Å². The lowest BCUT2D eigenvalue weighted by atomic mass is 9.84. The van der Waals surface area contributed by atoms with Gasteiger partial charge in [-0.15, -0.1) is 0 Å². The SMILES string of the molecule is CNC(=O)CC(C(=O)O)C1CCOCC1. The molecule has 1 aliphatic heterocycles. The number of nitrogens with one attached hydrogen (secondary N) is 1. The van der Waals surface area contributed by atoms with Crippen molar-refractivity contribution in [2.75, 3.05) is 20.3 Å². The Hall–Kier alpha value is -1.10. The highest BCUT2D eigenvalue weighted by Gasteiger charge is 2.31. The van der Waals surface area contributed by atoms with Gasteiger partial charge in [0, 0.05) is 26.7 Å². The van der Waals surface area contributed by atoms with Crippen LogP contribution in [0.5, 0.6) is 0 Å². The molecule has 2 N–H and O–H groups in total. The van der Waals surface area contributed by atoms with E-state index in [0.29, 0.717) is 13.2 Å². The van der Waals surface area contributed by atoms with Crippen LogP contribution in [0.2, 0.25) is 0 Å². The summed E-state index contributed by atoms with van der Waals surface area (Å²) in [6.07, 6.45) is 1.53. The van der Waals surface area contributed by atoms with E-state index in [1.54, 1.807) is 0 Å². The van der Waals surface area contributed by atoms with Gasteiger partial charge in [0.25, 0.3) is 0 Å². The molecule has 1 atom stereocenters. The Morgan fingerprint density at radius 2 is 2.07 bits per heavy atom. The summed E-state index contributed by atoms with van der Waals surface area (Å²) in [5, 5.41) is 11.5. The van der Waals surface area contributed by atoms with Gasteiger partial charge in [0.15, 0.2) is 0 Å². The van der Waals surface area contributed by atoms with E-state index in [2.05, 4.69) is 5.32 Å². The van der Waals surface area contributed by atoms with Crippen LogP contribution >= 0.6 is 0 Å². The van der Waals surface area contributed by atoms with Gasteiger partial charge in [0.2, 0.25) is 5.91 Å². The van der Waals surface area contributed by atoms with Gasteiger partial charge in [0.05, 0.1) is 5.92 Å². The Labute approximate surface area is 88.8 Å². The zero-order chi connectivity index (χ0) is 11.3. The van der Waals surface area contributed by atoms with Gasteiger partial charge >= 0.3 is 5.97 Å². The minimum Gasteiger partial charge on any atom is -0.481 e. The zero-order valence-electron chi connectivity index (χ0n) is 8.86. The van der Waals surface area contributed by atoms with E-state index in [9.17, 15) is 9.59 Å². The van der Waals surface area contributed by atoms with E-state index in [4.69, 9.17) is 9.84 Å². The fourth-order valence-corrected chi connectivity index (χ4v) is 1.88. The standard InChI is InChI=1S/C10H17NO4/c1-11-9(12)6-8(10(13)14)7-2-4-15-5-3-7/h7-8H,2-6H2,1H3,(H,11,12)(H,13,14). The molecule has 1 rings (SSSR count). The molecule has 0 spiro atoms. The maximum atomic E-state index is 11.2. The first-order chi connectivity index (χ1) is 7.15. The summed E-state index contributed by atoms with van der Waals surface area (Å²) in [6, 6.07) is 0. The summed E-state index contributed by atoms with van der Waals surface area (Å²) in [5.41, 5.74) is 0. The third-order valence-electron chi connectivity index (χ3n) is 2.84. The topological polar surface area (TPSA) is 75.6 Å². The van der Waals surface area contributed by atoms with E-state index in [-0.39, 0.29) is 18.2 Å². The van der Waals surface area contributed by atoms with Crippen LogP contribution in [0.1, 0.15) is 19.3 Å². The second-order valence-corrected chi connectivity index (χ2v) is 3.77. The van der Waals surface area contributed by atoms with E-state index < -0.39 is 11.9 Å². The van der Waals surface area contributed by atoms with Crippen LogP contribution in [0.25, 0.3) is 0 Å². The Balaban J connectivity index is 2.55. The molecule has 1 saturated heterocycles. The Kier molecular flexibility index (Phi) is 4.55. The van der Waals surface area contributed by atoms with Gasteiger partial charge in [-0.25, -0.2) is 0 Å². The van der Waals surface area contributed by atoms with E-state index in [0.717, 1.165) is 12.8 Å². The predicted molar refractivity (Wildman–Crippen MR) is 53.4 cm³/mol. The number of ether oxygens (including phenoxy) is 1. The Morgan fingerprint density at radius 3 is 2.53 bits per heavy atom. The molecule has 0 aromatic rings. The molecule has 1 aliphatic rings. The monoisotopic (exact) mass is 215 g/mol. The molecular weight excluding hydrogens is 198 g/mol. The summed E-state index contributed by atoms with van der Waals surface area (Å²) >= 11 is 0. The van der Waals surface area contributed by atoms with E-state index in [1.807, 2.05) is 0 Å². The first-order valence-corrected chi connectivity index (χ1v) is 5.16. The molecule has 0 radical (unpaired) electrons. The Bertz CT molecular complexity index is 236. The molecule has 1 heterocycles. The fraction of sp³-hybridized carbons (Fsp3) is 0.800. The van der Waals surface area contributed by atoms with Crippen molar-refractivity contribution in [3.05, 3.63) is 0 Å². The van der Waals surface area contributed by atoms with Crippen molar-refractivity contribution in [2.24, 2.45) is 11.8 Å². The summed E-state index contributed by atoms with van der Waals surface area (Å²) < 4.78 is 5.17. The van der Waals surface area contributed by atoms with Gasteiger partial charge in [-0.2, -0.15) is 0 Å². The molecule has 0 saturated carbocycles. The van der Waals surface area contributed by atoms with Gasteiger partial charge in [0.1, 0.15) is 0 Å². The van der Waals surface area contributed by atoms with Gasteiger partial charge in [-0.3, -0.25) is 9.59 Å². The van der Waals surface area contributed by atoms with Gasteiger partial charge in [-0.1, -0.05) is 0 Å². The van der Waals surface area contributed by atoms with Gasteiger partial charge < -0.3 is 15.2 Å². The fourth-order valence-electron chi connectivity index (χ4n) is 1.88. The number of hydrogen-bond donors (Lipinski definition) is 2. The molecule has 86 valence electrons. The maximum Gasteiger partial charge on any atom is 0.307 e. The summed E-state index contributed by atoms with van der Waals surface area (Å²) in [5.74, 6) is -1.61. The summed E-state index contributed by atoms with van der Waals surface area (Å²) in [7, 11) is 1.52. The molecule has 0 aromatic heterocycles. The molecule has 1 unspecified atom stereocenters. The zero-order valence-corrected chi connectivity index (χ0v) is 8.86.